The van der Waals surface area contributed by atoms with Crippen molar-refractivity contribution in [3.05, 3.63) is 175 Å². The van der Waals surface area contributed by atoms with Crippen molar-refractivity contribution in [2.75, 3.05) is 0 Å². The highest BCUT2D eigenvalue weighted by atomic mass is 15.0. The maximum absolute atomic E-state index is 5.37. The summed E-state index contributed by atoms with van der Waals surface area (Å²) < 4.78 is 2.60. The summed E-state index contributed by atoms with van der Waals surface area (Å²) in [6.45, 7) is 2.51. The second kappa shape index (κ2) is 12.5. The quantitative estimate of drug-likeness (QED) is 0.180. The molecule has 1 spiro atoms. The van der Waals surface area contributed by atoms with E-state index in [9.17, 15) is 0 Å². The summed E-state index contributed by atoms with van der Waals surface area (Å²) in [7, 11) is 0. The zero-order chi connectivity index (χ0) is 38.8. The molecule has 3 aliphatic carbocycles. The average Bonchev–Trinajstić information content (AvgIpc) is 3.74. The average molecular weight is 758 g/mol. The van der Waals surface area contributed by atoms with Gasteiger partial charge < -0.3 is 4.57 Å². The third kappa shape index (κ3) is 4.76. The van der Waals surface area contributed by atoms with Crippen LogP contribution in [0.5, 0.6) is 0 Å². The molecule has 0 radical (unpaired) electrons. The molecule has 0 N–H and O–H groups in total. The summed E-state index contributed by atoms with van der Waals surface area (Å²) in [4.78, 5) is 10.6. The van der Waals surface area contributed by atoms with Crippen LogP contribution in [0.15, 0.2) is 164 Å². The van der Waals surface area contributed by atoms with Crippen molar-refractivity contribution in [1.29, 1.82) is 0 Å². The standard InChI is InChI=1S/C56H43N3/c1-34-27-35-25-26-56(39(28-34)29-35)47-21-8-7-17-41(47)44-32-46-45-30-37-15-5-6-16-38(37)31-52(45)59(53(46)33-48(44)56)51-24-12-18-40-42(51)19-11-20-43(40)55-54(36-13-3-2-4-14-36)57-49-22-9-10-23-50(49)58-55/h2-24,30-35,39H,25-29H2,1H3. The summed E-state index contributed by atoms with van der Waals surface area (Å²) in [5.41, 5.74) is 15.5. The fourth-order valence-corrected chi connectivity index (χ4v) is 12.3. The van der Waals surface area contributed by atoms with Gasteiger partial charge in [-0.3, -0.25) is 0 Å². The zero-order valence-electron chi connectivity index (χ0n) is 33.2. The van der Waals surface area contributed by atoms with Crippen LogP contribution in [0.1, 0.15) is 50.2 Å². The van der Waals surface area contributed by atoms with Gasteiger partial charge in [-0.15, -0.1) is 0 Å². The largest absolute Gasteiger partial charge is 0.309 e. The predicted octanol–water partition coefficient (Wildman–Crippen LogP) is 14.5. The van der Waals surface area contributed by atoms with Crippen LogP contribution in [0, 0.1) is 17.8 Å². The lowest BCUT2D eigenvalue weighted by molar-refractivity contribution is 0.0856. The molecular formula is C56H43N3. The first-order valence-corrected chi connectivity index (χ1v) is 21.6. The Hall–Kier alpha value is -6.58. The van der Waals surface area contributed by atoms with Crippen LogP contribution in [0.2, 0.25) is 0 Å². The first-order valence-electron chi connectivity index (χ1n) is 21.6. The summed E-state index contributed by atoms with van der Waals surface area (Å²) in [5.74, 6) is 2.29. The molecule has 2 fully saturated rings. The number of hydrogen-bond acceptors (Lipinski definition) is 2. The topological polar surface area (TPSA) is 30.7 Å². The Morgan fingerprint density at radius 3 is 2.05 bits per heavy atom. The first-order chi connectivity index (χ1) is 29.1. The molecule has 0 aliphatic heterocycles. The second-order valence-corrected chi connectivity index (χ2v) is 17.9. The number of rotatable bonds is 3. The zero-order valence-corrected chi connectivity index (χ0v) is 33.2. The van der Waals surface area contributed by atoms with Crippen molar-refractivity contribution in [2.24, 2.45) is 17.8 Å². The number of aromatic nitrogens is 3. The highest BCUT2D eigenvalue weighted by Gasteiger charge is 2.53. The Morgan fingerprint density at radius 1 is 0.508 bits per heavy atom. The highest BCUT2D eigenvalue weighted by molar-refractivity contribution is 6.16. The number of fused-ring (bicyclic) bond motifs is 14. The molecule has 3 aliphatic rings. The molecule has 3 heteroatoms. The Morgan fingerprint density at radius 2 is 1.19 bits per heavy atom. The molecule has 2 heterocycles. The number of para-hydroxylation sites is 2. The fourth-order valence-electron chi connectivity index (χ4n) is 12.3. The number of benzene rings is 8. The molecule has 59 heavy (non-hydrogen) atoms. The highest BCUT2D eigenvalue weighted by Crippen LogP contribution is 2.63. The lowest BCUT2D eigenvalue weighted by Crippen LogP contribution is -2.44. The SMILES string of the molecule is CC1CC2CCC3(c4ccccc4-c4cc5c6cc7ccccc7cc6n(-c6cccc7c(-c8nc9ccccc9nc8-c8ccccc8)cccc67)c5cc43)C(C1)C2. The van der Waals surface area contributed by atoms with E-state index in [1.165, 1.54) is 92.3 Å². The summed E-state index contributed by atoms with van der Waals surface area (Å²) in [6.07, 6.45) is 6.60. The predicted molar refractivity (Wildman–Crippen MR) is 245 cm³/mol. The van der Waals surface area contributed by atoms with Gasteiger partial charge in [0.15, 0.2) is 0 Å². The van der Waals surface area contributed by atoms with Gasteiger partial charge in [0.1, 0.15) is 0 Å². The van der Waals surface area contributed by atoms with E-state index >= 15 is 0 Å². The minimum atomic E-state index is 0.0474. The van der Waals surface area contributed by atoms with Crippen molar-refractivity contribution < 1.29 is 0 Å². The van der Waals surface area contributed by atoms with Crippen molar-refractivity contribution in [3.8, 4) is 39.3 Å². The Balaban J connectivity index is 1.11. The molecule has 2 saturated carbocycles. The van der Waals surface area contributed by atoms with E-state index in [1.54, 1.807) is 11.1 Å². The normalized spacial score (nSPS) is 20.9. The lowest BCUT2D eigenvalue weighted by Gasteiger charge is -2.50. The van der Waals surface area contributed by atoms with Crippen LogP contribution in [-0.2, 0) is 5.41 Å². The molecule has 8 aromatic carbocycles. The van der Waals surface area contributed by atoms with Crippen molar-refractivity contribution in [1.82, 2.24) is 14.5 Å². The lowest BCUT2D eigenvalue weighted by atomic mass is 9.53. The molecule has 2 aromatic heterocycles. The maximum atomic E-state index is 5.37. The van der Waals surface area contributed by atoms with Gasteiger partial charge in [-0.05, 0) is 131 Å². The van der Waals surface area contributed by atoms with Gasteiger partial charge in [0, 0.05) is 32.7 Å². The van der Waals surface area contributed by atoms with Gasteiger partial charge in [0.25, 0.3) is 0 Å². The minimum Gasteiger partial charge on any atom is -0.309 e. The maximum Gasteiger partial charge on any atom is 0.0979 e. The Labute approximate surface area is 344 Å². The second-order valence-electron chi connectivity index (χ2n) is 17.9. The molecule has 3 nitrogen and oxygen atoms in total. The van der Waals surface area contributed by atoms with Crippen LogP contribution in [0.25, 0.3) is 93.7 Å². The van der Waals surface area contributed by atoms with Gasteiger partial charge in [0.2, 0.25) is 0 Å². The van der Waals surface area contributed by atoms with Gasteiger partial charge in [-0.1, -0.05) is 128 Å². The monoisotopic (exact) mass is 757 g/mol. The van der Waals surface area contributed by atoms with Crippen molar-refractivity contribution >= 4 is 54.4 Å². The molecule has 0 saturated heterocycles. The minimum absolute atomic E-state index is 0.0474. The molecule has 4 unspecified atom stereocenters. The van der Waals surface area contributed by atoms with E-state index in [2.05, 4.69) is 169 Å². The van der Waals surface area contributed by atoms with Gasteiger partial charge in [-0.25, -0.2) is 9.97 Å². The van der Waals surface area contributed by atoms with E-state index < -0.39 is 0 Å². The fraction of sp³-hybridized carbons (Fsp3) is 0.179. The van der Waals surface area contributed by atoms with E-state index in [0.29, 0.717) is 5.92 Å². The number of nitrogens with zero attached hydrogens (tertiary/aromatic N) is 3. The van der Waals surface area contributed by atoms with E-state index in [1.807, 2.05) is 6.07 Å². The van der Waals surface area contributed by atoms with Gasteiger partial charge >= 0.3 is 0 Å². The van der Waals surface area contributed by atoms with Crippen LogP contribution < -0.4 is 0 Å². The third-order valence-electron chi connectivity index (χ3n) is 14.6. The summed E-state index contributed by atoms with van der Waals surface area (Å²) >= 11 is 0. The Kier molecular flexibility index (Phi) is 7.05. The summed E-state index contributed by atoms with van der Waals surface area (Å²) in [6, 6.07) is 60.7. The van der Waals surface area contributed by atoms with E-state index in [-0.39, 0.29) is 5.41 Å². The van der Waals surface area contributed by atoms with Crippen LogP contribution >= 0.6 is 0 Å². The van der Waals surface area contributed by atoms with Crippen LogP contribution in [0.3, 0.4) is 0 Å². The molecule has 13 rings (SSSR count). The molecular weight excluding hydrogens is 715 g/mol. The number of hydrogen-bond donors (Lipinski definition) is 0. The molecule has 2 bridgehead atoms. The van der Waals surface area contributed by atoms with Crippen LogP contribution in [-0.4, -0.2) is 14.5 Å². The van der Waals surface area contributed by atoms with Gasteiger partial charge in [0.05, 0.1) is 39.1 Å². The molecule has 0 amide bonds. The summed E-state index contributed by atoms with van der Waals surface area (Å²) in [5, 5.41) is 7.52. The van der Waals surface area contributed by atoms with E-state index in [4.69, 9.17) is 9.97 Å². The third-order valence-corrected chi connectivity index (χ3v) is 14.6. The molecule has 282 valence electrons. The smallest absolute Gasteiger partial charge is 0.0979 e. The first kappa shape index (κ1) is 33.4. The molecule has 10 aromatic rings. The van der Waals surface area contributed by atoms with Crippen LogP contribution in [0.4, 0.5) is 0 Å². The van der Waals surface area contributed by atoms with Crippen molar-refractivity contribution in [2.45, 2.75) is 44.4 Å². The molecule has 4 atom stereocenters. The Bertz CT molecular complexity index is 3360. The van der Waals surface area contributed by atoms with Gasteiger partial charge in [-0.2, -0.15) is 0 Å². The van der Waals surface area contributed by atoms with Crippen molar-refractivity contribution in [3.63, 3.8) is 0 Å². The van der Waals surface area contributed by atoms with E-state index in [0.717, 1.165) is 45.4 Å².